The Labute approximate surface area is 172 Å². The van der Waals surface area contributed by atoms with Gasteiger partial charge in [0, 0.05) is 13.1 Å². The number of aliphatic imine (C=N–C) groups is 1. The number of oxazole rings is 1. The molecule has 0 atom stereocenters. The van der Waals surface area contributed by atoms with Crippen LogP contribution in [0.15, 0.2) is 33.7 Å². The van der Waals surface area contributed by atoms with Crippen LogP contribution in [0.2, 0.25) is 0 Å². The number of ether oxygens (including phenoxy) is 1. The van der Waals surface area contributed by atoms with Gasteiger partial charge in [0.05, 0.1) is 12.8 Å². The third-order valence-electron chi connectivity index (χ3n) is 3.88. The van der Waals surface area contributed by atoms with E-state index in [1.165, 1.54) is 5.56 Å². The molecular formula is C19H29IN4O2. The highest BCUT2D eigenvalue weighted by Gasteiger charge is 2.05. The summed E-state index contributed by atoms with van der Waals surface area (Å²) < 4.78 is 10.7. The second-order valence-electron chi connectivity index (χ2n) is 5.82. The van der Waals surface area contributed by atoms with Gasteiger partial charge in [0.2, 0.25) is 5.89 Å². The second kappa shape index (κ2) is 11.8. The number of hydrogen-bond acceptors (Lipinski definition) is 4. The lowest BCUT2D eigenvalue weighted by molar-refractivity contribution is 0.414. The minimum atomic E-state index is 0. The van der Waals surface area contributed by atoms with Gasteiger partial charge in [-0.25, -0.2) is 9.98 Å². The summed E-state index contributed by atoms with van der Waals surface area (Å²) >= 11 is 0. The normalized spacial score (nSPS) is 11.0. The Morgan fingerprint density at radius 2 is 1.92 bits per heavy atom. The van der Waals surface area contributed by atoms with Crippen molar-refractivity contribution in [3.63, 3.8) is 0 Å². The Morgan fingerprint density at radius 1 is 1.19 bits per heavy atom. The fourth-order valence-electron chi connectivity index (χ4n) is 2.39. The van der Waals surface area contributed by atoms with Crippen molar-refractivity contribution >= 4 is 29.9 Å². The zero-order chi connectivity index (χ0) is 18.1. The fraction of sp³-hybridized carbons (Fsp3) is 0.474. The van der Waals surface area contributed by atoms with E-state index in [0.717, 1.165) is 49.1 Å². The Morgan fingerprint density at radius 3 is 2.50 bits per heavy atom. The van der Waals surface area contributed by atoms with Gasteiger partial charge in [-0.2, -0.15) is 0 Å². The van der Waals surface area contributed by atoms with Crippen LogP contribution in [0.5, 0.6) is 5.75 Å². The molecule has 7 heteroatoms. The molecule has 1 heterocycles. The van der Waals surface area contributed by atoms with Crippen molar-refractivity contribution in [3.05, 3.63) is 47.2 Å². The molecule has 0 amide bonds. The van der Waals surface area contributed by atoms with E-state index in [9.17, 15) is 0 Å². The average Bonchev–Trinajstić information content (AvgIpc) is 2.95. The molecule has 2 rings (SSSR count). The van der Waals surface area contributed by atoms with Crippen LogP contribution in [0.1, 0.15) is 36.3 Å². The predicted molar refractivity (Wildman–Crippen MR) is 116 cm³/mol. The smallest absolute Gasteiger partial charge is 0.216 e. The Bertz CT molecular complexity index is 664. The van der Waals surface area contributed by atoms with Crippen molar-refractivity contribution in [2.75, 3.05) is 20.2 Å². The van der Waals surface area contributed by atoms with Crippen LogP contribution in [-0.2, 0) is 13.0 Å². The van der Waals surface area contributed by atoms with Gasteiger partial charge in [0.25, 0.3) is 0 Å². The number of benzene rings is 1. The zero-order valence-corrected chi connectivity index (χ0v) is 18.3. The first-order valence-electron chi connectivity index (χ1n) is 8.70. The Hall–Kier alpha value is -1.77. The van der Waals surface area contributed by atoms with Crippen molar-refractivity contribution in [2.45, 2.75) is 40.2 Å². The van der Waals surface area contributed by atoms with E-state index in [4.69, 9.17) is 9.15 Å². The molecule has 144 valence electrons. The molecule has 0 unspecified atom stereocenters. The number of methoxy groups -OCH3 is 1. The highest BCUT2D eigenvalue weighted by molar-refractivity contribution is 14.0. The van der Waals surface area contributed by atoms with E-state index in [1.54, 1.807) is 7.11 Å². The second-order valence-corrected chi connectivity index (χ2v) is 5.82. The highest BCUT2D eigenvalue weighted by Crippen LogP contribution is 2.12. The summed E-state index contributed by atoms with van der Waals surface area (Å²) in [6, 6.07) is 8.19. The van der Waals surface area contributed by atoms with Crippen LogP contribution < -0.4 is 15.4 Å². The van der Waals surface area contributed by atoms with Gasteiger partial charge in [0.1, 0.15) is 18.1 Å². The maximum absolute atomic E-state index is 5.56. The number of nitrogens with zero attached hydrogens (tertiary/aromatic N) is 2. The minimum absolute atomic E-state index is 0. The van der Waals surface area contributed by atoms with Crippen molar-refractivity contribution in [1.82, 2.24) is 15.6 Å². The third-order valence-corrected chi connectivity index (χ3v) is 3.88. The zero-order valence-electron chi connectivity index (χ0n) is 16.0. The monoisotopic (exact) mass is 472 g/mol. The molecule has 1 aromatic heterocycles. The molecule has 0 aliphatic carbocycles. The van der Waals surface area contributed by atoms with E-state index in [-0.39, 0.29) is 24.0 Å². The van der Waals surface area contributed by atoms with E-state index >= 15 is 0 Å². The summed E-state index contributed by atoms with van der Waals surface area (Å²) in [6.07, 6.45) is 2.03. The van der Waals surface area contributed by atoms with Crippen LogP contribution in [0.3, 0.4) is 0 Å². The summed E-state index contributed by atoms with van der Waals surface area (Å²) in [5, 5.41) is 6.59. The number of aryl methyl sites for hydroxylation is 3. The van der Waals surface area contributed by atoms with Gasteiger partial charge in [-0.1, -0.05) is 12.1 Å². The van der Waals surface area contributed by atoms with Crippen LogP contribution >= 0.6 is 24.0 Å². The lowest BCUT2D eigenvalue weighted by Crippen LogP contribution is -2.37. The van der Waals surface area contributed by atoms with Gasteiger partial charge >= 0.3 is 0 Å². The van der Waals surface area contributed by atoms with Gasteiger partial charge in [-0.3, -0.25) is 0 Å². The molecule has 0 aliphatic rings. The Kier molecular flexibility index (Phi) is 10.1. The SMILES string of the molecule is CCNC(=NCc1nc(C)c(C)o1)NCCCc1ccc(OC)cc1.I. The third kappa shape index (κ3) is 7.23. The fourth-order valence-corrected chi connectivity index (χ4v) is 2.39. The van der Waals surface area contributed by atoms with Crippen LogP contribution in [-0.4, -0.2) is 31.1 Å². The number of aromatic nitrogens is 1. The van der Waals surface area contributed by atoms with E-state index in [0.29, 0.717) is 12.4 Å². The predicted octanol–water partition coefficient (Wildman–Crippen LogP) is 3.61. The van der Waals surface area contributed by atoms with Crippen molar-refractivity contribution in [2.24, 2.45) is 4.99 Å². The largest absolute Gasteiger partial charge is 0.497 e. The molecule has 0 aliphatic heterocycles. The quantitative estimate of drug-likeness (QED) is 0.266. The number of nitrogens with one attached hydrogen (secondary N) is 2. The highest BCUT2D eigenvalue weighted by atomic mass is 127. The van der Waals surface area contributed by atoms with Crippen molar-refractivity contribution < 1.29 is 9.15 Å². The van der Waals surface area contributed by atoms with Crippen LogP contribution in [0.25, 0.3) is 0 Å². The molecule has 2 N–H and O–H groups in total. The molecule has 1 aromatic carbocycles. The minimum Gasteiger partial charge on any atom is -0.497 e. The average molecular weight is 472 g/mol. The molecule has 26 heavy (non-hydrogen) atoms. The maximum Gasteiger partial charge on any atom is 0.216 e. The Balaban J connectivity index is 0.00000338. The standard InChI is InChI=1S/C19H28N4O2.HI/c1-5-20-19(22-13-18-23-14(2)15(3)25-18)21-12-6-7-16-8-10-17(24-4)11-9-16;/h8-11H,5-7,12-13H2,1-4H3,(H2,20,21,22);1H. The molecule has 6 nitrogen and oxygen atoms in total. The first-order chi connectivity index (χ1) is 12.1. The first kappa shape index (κ1) is 22.3. The van der Waals surface area contributed by atoms with Crippen molar-refractivity contribution in [1.29, 1.82) is 0 Å². The molecule has 0 spiro atoms. The van der Waals surface area contributed by atoms with Gasteiger partial charge in [0.15, 0.2) is 5.96 Å². The summed E-state index contributed by atoms with van der Waals surface area (Å²) in [6.45, 7) is 8.00. The summed E-state index contributed by atoms with van der Waals surface area (Å²) in [7, 11) is 1.68. The molecule has 0 saturated heterocycles. The molecule has 0 bridgehead atoms. The van der Waals surface area contributed by atoms with E-state index in [1.807, 2.05) is 32.9 Å². The van der Waals surface area contributed by atoms with Crippen LogP contribution in [0, 0.1) is 13.8 Å². The summed E-state index contributed by atoms with van der Waals surface area (Å²) in [5.74, 6) is 3.17. The molecular weight excluding hydrogens is 443 g/mol. The number of rotatable bonds is 8. The number of guanidine groups is 1. The van der Waals surface area contributed by atoms with Gasteiger partial charge in [-0.15, -0.1) is 24.0 Å². The maximum atomic E-state index is 5.56. The summed E-state index contributed by atoms with van der Waals surface area (Å²) in [5.41, 5.74) is 2.22. The lowest BCUT2D eigenvalue weighted by Gasteiger charge is -2.11. The topological polar surface area (TPSA) is 71.7 Å². The van der Waals surface area contributed by atoms with Crippen LogP contribution in [0.4, 0.5) is 0 Å². The lowest BCUT2D eigenvalue weighted by atomic mass is 10.1. The van der Waals surface area contributed by atoms with Gasteiger partial charge in [-0.05, 0) is 51.3 Å². The van der Waals surface area contributed by atoms with E-state index < -0.39 is 0 Å². The molecule has 0 fully saturated rings. The summed E-state index contributed by atoms with van der Waals surface area (Å²) in [4.78, 5) is 8.88. The number of hydrogen-bond donors (Lipinski definition) is 2. The van der Waals surface area contributed by atoms with Crippen molar-refractivity contribution in [3.8, 4) is 5.75 Å². The molecule has 0 saturated carbocycles. The number of halogens is 1. The van der Waals surface area contributed by atoms with Gasteiger partial charge < -0.3 is 19.8 Å². The molecule has 2 aromatic rings. The van der Waals surface area contributed by atoms with E-state index in [2.05, 4.69) is 32.7 Å². The first-order valence-corrected chi connectivity index (χ1v) is 8.70. The molecule has 0 radical (unpaired) electrons.